The molecule has 1 unspecified atom stereocenters. The molecule has 2 saturated heterocycles. The van der Waals surface area contributed by atoms with Gasteiger partial charge in [0, 0.05) is 56.1 Å². The highest BCUT2D eigenvalue weighted by molar-refractivity contribution is 6.42. The highest BCUT2D eigenvalue weighted by Gasteiger charge is 2.42. The summed E-state index contributed by atoms with van der Waals surface area (Å²) >= 11 is 13.0. The molecule has 5 aromatic rings. The number of anilines is 1. The van der Waals surface area contributed by atoms with Crippen LogP contribution in [-0.4, -0.2) is 97.4 Å². The number of nitrogens with zero attached hydrogens (tertiary/aromatic N) is 6. The second-order valence-corrected chi connectivity index (χ2v) is 14.4. The number of ether oxygens (including phenoxy) is 3. The summed E-state index contributed by atoms with van der Waals surface area (Å²) in [7, 11) is 4.66. The van der Waals surface area contributed by atoms with Gasteiger partial charge in [-0.15, -0.1) is 0 Å². The maximum absolute atomic E-state index is 14.1. The zero-order valence-electron chi connectivity index (χ0n) is 29.9. The minimum Gasteiger partial charge on any atom is -0.493 e. The minimum atomic E-state index is -0.297. The molecule has 0 spiro atoms. The Hall–Kier alpha value is -4.51. The van der Waals surface area contributed by atoms with Crippen LogP contribution in [0.25, 0.3) is 11.0 Å². The van der Waals surface area contributed by atoms with Crippen LogP contribution in [0.3, 0.4) is 0 Å². The van der Waals surface area contributed by atoms with Gasteiger partial charge < -0.3 is 33.5 Å². The van der Waals surface area contributed by atoms with Gasteiger partial charge in [0.25, 0.3) is 5.91 Å². The molecule has 0 radical (unpaired) electrons. The normalized spacial score (nSPS) is 18.1. The van der Waals surface area contributed by atoms with E-state index in [2.05, 4.69) is 49.7 Å². The summed E-state index contributed by atoms with van der Waals surface area (Å²) in [4.78, 5) is 30.4. The predicted molar refractivity (Wildman–Crippen MR) is 206 cm³/mol. The molecule has 7 rings (SSSR count). The maximum Gasteiger partial charge on any atom is 0.254 e. The van der Waals surface area contributed by atoms with Gasteiger partial charge >= 0.3 is 0 Å². The van der Waals surface area contributed by atoms with Crippen molar-refractivity contribution in [2.24, 2.45) is 0 Å². The third kappa shape index (κ3) is 7.24. The fourth-order valence-electron chi connectivity index (χ4n) is 7.74. The number of hydrogen-bond acceptors (Lipinski definition) is 8. The number of halogens is 2. The summed E-state index contributed by atoms with van der Waals surface area (Å²) in [5.74, 6) is 2.26. The molecule has 2 aliphatic rings. The molecule has 0 bridgehead atoms. The summed E-state index contributed by atoms with van der Waals surface area (Å²) < 4.78 is 18.9. The number of hydrogen-bond donors (Lipinski definition) is 0. The molecule has 0 N–H and O–H groups in total. The Kier molecular flexibility index (Phi) is 10.8. The maximum atomic E-state index is 14.1. The number of carbonyl (C=O) groups is 1. The summed E-state index contributed by atoms with van der Waals surface area (Å²) in [5, 5.41) is 1.04. The lowest BCUT2D eigenvalue weighted by Crippen LogP contribution is -2.39. The largest absolute Gasteiger partial charge is 0.493 e. The molecule has 3 aromatic carbocycles. The Labute approximate surface area is 314 Å². The van der Waals surface area contributed by atoms with Crippen molar-refractivity contribution < 1.29 is 19.0 Å². The van der Waals surface area contributed by atoms with Gasteiger partial charge in [0.15, 0.2) is 11.5 Å². The fourth-order valence-corrected chi connectivity index (χ4v) is 8.04. The molecule has 2 fully saturated rings. The first-order chi connectivity index (χ1) is 25.3. The predicted octanol–water partition coefficient (Wildman–Crippen LogP) is 7.20. The first kappa shape index (κ1) is 35.9. The van der Waals surface area contributed by atoms with E-state index in [0.717, 1.165) is 80.1 Å². The van der Waals surface area contributed by atoms with Gasteiger partial charge in [-0.2, -0.15) is 0 Å². The zero-order chi connectivity index (χ0) is 36.2. The number of benzene rings is 3. The van der Waals surface area contributed by atoms with Crippen LogP contribution in [0.15, 0.2) is 79.1 Å². The zero-order valence-corrected chi connectivity index (χ0v) is 31.4. The number of fused-ring (bicyclic) bond motifs is 1. The van der Waals surface area contributed by atoms with Crippen molar-refractivity contribution in [1.29, 1.82) is 0 Å². The third-order valence-corrected chi connectivity index (χ3v) is 11.3. The highest BCUT2D eigenvalue weighted by atomic mass is 35.5. The molecule has 1 atom stereocenters. The minimum absolute atomic E-state index is 0.0826. The summed E-state index contributed by atoms with van der Waals surface area (Å²) in [6.07, 6.45) is 6.42. The Bertz CT molecular complexity index is 2020. The van der Waals surface area contributed by atoms with Gasteiger partial charge in [-0.1, -0.05) is 47.5 Å². The van der Waals surface area contributed by atoms with Crippen molar-refractivity contribution in [3.05, 3.63) is 106 Å². The molecule has 1 amide bonds. The summed E-state index contributed by atoms with van der Waals surface area (Å²) in [6, 6.07) is 21.8. The van der Waals surface area contributed by atoms with E-state index in [1.54, 1.807) is 33.5 Å². The van der Waals surface area contributed by atoms with Crippen LogP contribution in [0.4, 0.5) is 5.95 Å². The van der Waals surface area contributed by atoms with Crippen LogP contribution < -0.4 is 19.1 Å². The van der Waals surface area contributed by atoms with Crippen molar-refractivity contribution in [1.82, 2.24) is 24.3 Å². The van der Waals surface area contributed by atoms with E-state index in [-0.39, 0.29) is 11.3 Å². The molecular formula is C40H44Cl2N6O4. The van der Waals surface area contributed by atoms with Crippen LogP contribution in [-0.2, 0) is 12.0 Å². The molecule has 4 heterocycles. The molecular weight excluding hydrogens is 699 g/mol. The van der Waals surface area contributed by atoms with Gasteiger partial charge in [0.2, 0.25) is 11.7 Å². The number of amides is 1. The van der Waals surface area contributed by atoms with E-state index in [1.807, 2.05) is 41.6 Å². The standard InChI is InChI=1S/C40H44Cl2N6O4/c1-50-35-22-29(23-36(51-2)37(35)52-3)38(49)47-19-14-40(27-47,30-11-12-31(41)32(42)24-30)13-18-45-16-7-17-46(21-20-45)39-44-33-9-4-5-10-34(33)48(39)26-28-8-6-15-43-25-28/h4-6,8-12,15,22-25H,7,13-14,16-21,26-27H2,1-3H3. The molecule has 0 saturated carbocycles. The monoisotopic (exact) mass is 742 g/mol. The second kappa shape index (κ2) is 15.6. The lowest BCUT2D eigenvalue weighted by atomic mass is 9.76. The smallest absolute Gasteiger partial charge is 0.254 e. The average molecular weight is 744 g/mol. The lowest BCUT2D eigenvalue weighted by Gasteiger charge is -2.33. The molecule has 272 valence electrons. The molecule has 10 nitrogen and oxygen atoms in total. The number of aromatic nitrogens is 3. The Morgan fingerprint density at radius 1 is 0.865 bits per heavy atom. The molecule has 52 heavy (non-hydrogen) atoms. The summed E-state index contributed by atoms with van der Waals surface area (Å²) in [6.45, 7) is 6.42. The fraction of sp³-hybridized carbons (Fsp3) is 0.375. The van der Waals surface area contributed by atoms with Crippen molar-refractivity contribution in [2.45, 2.75) is 31.2 Å². The van der Waals surface area contributed by atoms with Crippen LogP contribution >= 0.6 is 23.2 Å². The average Bonchev–Trinajstić information content (AvgIpc) is 3.69. The van der Waals surface area contributed by atoms with Crippen molar-refractivity contribution in [2.75, 3.05) is 72.0 Å². The number of carbonyl (C=O) groups excluding carboxylic acids is 1. The van der Waals surface area contributed by atoms with E-state index in [9.17, 15) is 4.79 Å². The number of imidazole rings is 1. The van der Waals surface area contributed by atoms with E-state index < -0.39 is 0 Å². The first-order valence-corrected chi connectivity index (χ1v) is 18.4. The van der Waals surface area contributed by atoms with E-state index in [4.69, 9.17) is 42.4 Å². The Morgan fingerprint density at radius 3 is 2.40 bits per heavy atom. The molecule has 0 aliphatic carbocycles. The SMILES string of the molecule is COc1cc(C(=O)N2CCC(CCN3CCCN(c4nc5ccccc5n4Cc4cccnc4)CC3)(c3ccc(Cl)c(Cl)c3)C2)cc(OC)c1OC. The number of rotatable bonds is 11. The van der Waals surface area contributed by atoms with Gasteiger partial charge in [-0.05, 0) is 85.9 Å². The quantitative estimate of drug-likeness (QED) is 0.141. The van der Waals surface area contributed by atoms with Crippen LogP contribution in [0, 0.1) is 0 Å². The van der Waals surface area contributed by atoms with Gasteiger partial charge in [0.05, 0.1) is 49.0 Å². The first-order valence-electron chi connectivity index (χ1n) is 17.7. The van der Waals surface area contributed by atoms with Crippen molar-refractivity contribution in [3.63, 3.8) is 0 Å². The van der Waals surface area contributed by atoms with Gasteiger partial charge in [-0.3, -0.25) is 9.78 Å². The van der Waals surface area contributed by atoms with Crippen LogP contribution in [0.1, 0.15) is 40.7 Å². The van der Waals surface area contributed by atoms with Crippen molar-refractivity contribution >= 4 is 46.1 Å². The van der Waals surface area contributed by atoms with Gasteiger partial charge in [0.1, 0.15) is 0 Å². The Morgan fingerprint density at radius 2 is 1.67 bits per heavy atom. The molecule has 2 aliphatic heterocycles. The molecule has 12 heteroatoms. The van der Waals surface area contributed by atoms with E-state index in [0.29, 0.717) is 52.5 Å². The number of likely N-dealkylation sites (tertiary alicyclic amines) is 1. The number of para-hydroxylation sites is 2. The molecule has 2 aromatic heterocycles. The van der Waals surface area contributed by atoms with Crippen LogP contribution in [0.5, 0.6) is 17.2 Å². The number of methoxy groups -OCH3 is 3. The topological polar surface area (TPSA) is 85.2 Å². The lowest BCUT2D eigenvalue weighted by molar-refractivity contribution is 0.0780. The van der Waals surface area contributed by atoms with E-state index >= 15 is 0 Å². The third-order valence-electron chi connectivity index (χ3n) is 10.6. The second-order valence-electron chi connectivity index (χ2n) is 13.6. The highest BCUT2D eigenvalue weighted by Crippen LogP contribution is 2.43. The van der Waals surface area contributed by atoms with Crippen LogP contribution in [0.2, 0.25) is 10.0 Å². The van der Waals surface area contributed by atoms with Crippen molar-refractivity contribution in [3.8, 4) is 17.2 Å². The Balaban J connectivity index is 1.09. The summed E-state index contributed by atoms with van der Waals surface area (Å²) in [5.41, 5.74) is 4.55. The number of pyridine rings is 1. The van der Waals surface area contributed by atoms with E-state index in [1.165, 1.54) is 0 Å². The van der Waals surface area contributed by atoms with Gasteiger partial charge in [-0.25, -0.2) is 4.98 Å².